The summed E-state index contributed by atoms with van der Waals surface area (Å²) in [6, 6.07) is -4.83. The standard InChI is InChI=1S/C22H40N6O8/c1-3-12(2)18(25)21(34)27-14(7-9-16(24)29)20(33)26-13(6-4-5-11-23)19(32)28-15(22(35)36)8-10-17(30)31/h12-15,18H,3-11,23,25H2,1-2H3,(H2,24,29)(H,26,33)(H,27,34)(H,28,32)(H,30,31)(H,35,36). The van der Waals surface area contributed by atoms with E-state index in [-0.39, 0.29) is 31.6 Å². The number of carbonyl (C=O) groups is 6. The molecule has 0 aliphatic rings. The van der Waals surface area contributed by atoms with E-state index in [1.807, 2.05) is 6.92 Å². The highest BCUT2D eigenvalue weighted by atomic mass is 16.4. The monoisotopic (exact) mass is 516 g/mol. The molecule has 5 atom stereocenters. The first-order valence-corrected chi connectivity index (χ1v) is 11.9. The van der Waals surface area contributed by atoms with Crippen LogP contribution in [0, 0.1) is 5.92 Å². The molecule has 0 aliphatic carbocycles. The minimum atomic E-state index is -1.48. The van der Waals surface area contributed by atoms with Gasteiger partial charge in [-0.25, -0.2) is 4.79 Å². The Labute approximate surface area is 210 Å². The number of carbonyl (C=O) groups excluding carboxylic acids is 4. The fraction of sp³-hybridized carbons (Fsp3) is 0.727. The molecule has 0 aromatic rings. The molecular formula is C22H40N6O8. The van der Waals surface area contributed by atoms with Gasteiger partial charge in [0, 0.05) is 12.8 Å². The minimum absolute atomic E-state index is 0.100. The number of unbranched alkanes of at least 4 members (excludes halogenated alkanes) is 1. The van der Waals surface area contributed by atoms with E-state index in [2.05, 4.69) is 16.0 Å². The Kier molecular flexibility index (Phi) is 15.7. The molecule has 0 bridgehead atoms. The number of nitrogens with two attached hydrogens (primary N) is 3. The second kappa shape index (κ2) is 17.2. The molecule has 0 aromatic heterocycles. The van der Waals surface area contributed by atoms with Crippen molar-refractivity contribution < 1.29 is 39.0 Å². The van der Waals surface area contributed by atoms with Gasteiger partial charge in [-0.05, 0) is 44.6 Å². The van der Waals surface area contributed by atoms with Gasteiger partial charge in [-0.15, -0.1) is 0 Å². The number of hydrogen-bond donors (Lipinski definition) is 8. The van der Waals surface area contributed by atoms with Crippen molar-refractivity contribution in [1.29, 1.82) is 0 Å². The van der Waals surface area contributed by atoms with Crippen LogP contribution < -0.4 is 33.2 Å². The summed E-state index contributed by atoms with van der Waals surface area (Å²) < 4.78 is 0. The van der Waals surface area contributed by atoms with Crippen molar-refractivity contribution in [3.63, 3.8) is 0 Å². The Morgan fingerprint density at radius 1 is 0.778 bits per heavy atom. The van der Waals surface area contributed by atoms with E-state index >= 15 is 0 Å². The lowest BCUT2D eigenvalue weighted by atomic mass is 9.98. The summed E-state index contributed by atoms with van der Waals surface area (Å²) in [7, 11) is 0. The molecule has 0 saturated carbocycles. The molecule has 4 amide bonds. The predicted octanol–water partition coefficient (Wildman–Crippen LogP) is -1.84. The number of carboxylic acid groups (broad SMARTS) is 2. The number of aliphatic carboxylic acids is 2. The SMILES string of the molecule is CCC(C)C(N)C(=O)NC(CCC(N)=O)C(=O)NC(CCCCN)C(=O)NC(CCC(=O)O)C(=O)O. The van der Waals surface area contributed by atoms with Gasteiger partial charge in [0.25, 0.3) is 0 Å². The first kappa shape index (κ1) is 32.7. The third-order valence-corrected chi connectivity index (χ3v) is 5.71. The third kappa shape index (κ3) is 13.0. The lowest BCUT2D eigenvalue weighted by molar-refractivity contribution is -0.143. The highest BCUT2D eigenvalue weighted by Gasteiger charge is 2.31. The second-order valence-corrected chi connectivity index (χ2v) is 8.65. The fourth-order valence-corrected chi connectivity index (χ4v) is 3.17. The summed E-state index contributed by atoms with van der Waals surface area (Å²) in [4.78, 5) is 71.9. The van der Waals surface area contributed by atoms with E-state index in [0.29, 0.717) is 25.8 Å². The van der Waals surface area contributed by atoms with Crippen molar-refractivity contribution in [3.8, 4) is 0 Å². The van der Waals surface area contributed by atoms with Crippen LogP contribution in [0.4, 0.5) is 0 Å². The van der Waals surface area contributed by atoms with Gasteiger partial charge in [0.05, 0.1) is 6.04 Å². The molecule has 0 aromatic carbocycles. The highest BCUT2D eigenvalue weighted by molar-refractivity contribution is 5.94. The van der Waals surface area contributed by atoms with Crippen molar-refractivity contribution in [2.24, 2.45) is 23.1 Å². The Balaban J connectivity index is 5.62. The van der Waals surface area contributed by atoms with Crippen LogP contribution in [0.5, 0.6) is 0 Å². The normalized spacial score (nSPS) is 15.0. The van der Waals surface area contributed by atoms with Gasteiger partial charge in [0.2, 0.25) is 23.6 Å². The van der Waals surface area contributed by atoms with E-state index in [4.69, 9.17) is 22.3 Å². The summed E-state index contributed by atoms with van der Waals surface area (Å²) in [5, 5.41) is 25.4. The lowest BCUT2D eigenvalue weighted by Gasteiger charge is -2.26. The van der Waals surface area contributed by atoms with Crippen molar-refractivity contribution in [3.05, 3.63) is 0 Å². The molecule has 14 nitrogen and oxygen atoms in total. The summed E-state index contributed by atoms with van der Waals surface area (Å²) >= 11 is 0. The van der Waals surface area contributed by atoms with E-state index < -0.39 is 66.2 Å². The van der Waals surface area contributed by atoms with Crippen LogP contribution in [0.3, 0.4) is 0 Å². The number of primary amides is 1. The average molecular weight is 517 g/mol. The predicted molar refractivity (Wildman–Crippen MR) is 129 cm³/mol. The Morgan fingerprint density at radius 3 is 1.75 bits per heavy atom. The summed E-state index contributed by atoms with van der Waals surface area (Å²) in [6.45, 7) is 3.94. The van der Waals surface area contributed by atoms with Crippen molar-refractivity contribution in [2.45, 2.75) is 89.4 Å². The van der Waals surface area contributed by atoms with Gasteiger partial charge < -0.3 is 43.4 Å². The summed E-state index contributed by atoms with van der Waals surface area (Å²) in [5.41, 5.74) is 16.6. The second-order valence-electron chi connectivity index (χ2n) is 8.65. The fourth-order valence-electron chi connectivity index (χ4n) is 3.17. The highest BCUT2D eigenvalue weighted by Crippen LogP contribution is 2.09. The zero-order valence-electron chi connectivity index (χ0n) is 20.8. The molecule has 14 heteroatoms. The molecule has 0 spiro atoms. The molecular weight excluding hydrogens is 476 g/mol. The average Bonchev–Trinajstić information content (AvgIpc) is 2.81. The summed E-state index contributed by atoms with van der Waals surface area (Å²) in [6.07, 6.45) is 0.436. The number of hydrogen-bond acceptors (Lipinski definition) is 8. The van der Waals surface area contributed by atoms with Gasteiger partial charge in [0.15, 0.2) is 0 Å². The maximum absolute atomic E-state index is 13.0. The molecule has 0 aliphatic heterocycles. The topological polar surface area (TPSA) is 257 Å². The molecule has 36 heavy (non-hydrogen) atoms. The van der Waals surface area contributed by atoms with Crippen LogP contribution in [0.2, 0.25) is 0 Å². The quantitative estimate of drug-likeness (QED) is 0.0889. The van der Waals surface area contributed by atoms with Gasteiger partial charge in [-0.3, -0.25) is 24.0 Å². The third-order valence-electron chi connectivity index (χ3n) is 5.71. The van der Waals surface area contributed by atoms with E-state index in [1.165, 1.54) is 0 Å². The molecule has 0 rings (SSSR count). The van der Waals surface area contributed by atoms with Gasteiger partial charge in [0.1, 0.15) is 18.1 Å². The molecule has 0 saturated heterocycles. The first-order chi connectivity index (χ1) is 16.8. The lowest BCUT2D eigenvalue weighted by Crippen LogP contribution is -2.57. The molecule has 5 unspecified atom stereocenters. The Bertz CT molecular complexity index is 778. The number of nitrogens with one attached hydrogen (secondary N) is 3. The van der Waals surface area contributed by atoms with Crippen LogP contribution in [0.25, 0.3) is 0 Å². The largest absolute Gasteiger partial charge is 0.481 e. The molecule has 0 heterocycles. The van der Waals surface area contributed by atoms with Crippen LogP contribution in [-0.2, 0) is 28.8 Å². The maximum atomic E-state index is 13.0. The van der Waals surface area contributed by atoms with E-state index in [1.54, 1.807) is 6.92 Å². The van der Waals surface area contributed by atoms with Gasteiger partial charge in [-0.2, -0.15) is 0 Å². The van der Waals surface area contributed by atoms with Crippen molar-refractivity contribution in [2.75, 3.05) is 6.54 Å². The van der Waals surface area contributed by atoms with Crippen LogP contribution in [0.1, 0.15) is 65.2 Å². The minimum Gasteiger partial charge on any atom is -0.481 e. The molecule has 0 fully saturated rings. The Morgan fingerprint density at radius 2 is 1.28 bits per heavy atom. The zero-order chi connectivity index (χ0) is 27.8. The molecule has 0 radical (unpaired) electrons. The number of carboxylic acids is 2. The van der Waals surface area contributed by atoms with Crippen molar-refractivity contribution in [1.82, 2.24) is 16.0 Å². The summed E-state index contributed by atoms with van der Waals surface area (Å²) in [5.74, 6) is -5.78. The van der Waals surface area contributed by atoms with Crippen LogP contribution in [0.15, 0.2) is 0 Å². The zero-order valence-corrected chi connectivity index (χ0v) is 20.8. The molecule has 206 valence electrons. The van der Waals surface area contributed by atoms with Crippen molar-refractivity contribution >= 4 is 35.6 Å². The van der Waals surface area contributed by atoms with E-state index in [9.17, 15) is 33.9 Å². The van der Waals surface area contributed by atoms with Gasteiger partial charge in [-0.1, -0.05) is 20.3 Å². The van der Waals surface area contributed by atoms with Crippen LogP contribution >= 0.6 is 0 Å². The number of amides is 4. The van der Waals surface area contributed by atoms with E-state index in [0.717, 1.165) is 0 Å². The Hall–Kier alpha value is -3.26. The number of rotatable bonds is 19. The maximum Gasteiger partial charge on any atom is 0.326 e. The molecule has 11 N–H and O–H groups in total. The smallest absolute Gasteiger partial charge is 0.326 e. The first-order valence-electron chi connectivity index (χ1n) is 11.9. The van der Waals surface area contributed by atoms with Crippen LogP contribution in [-0.4, -0.2) is 76.5 Å². The van der Waals surface area contributed by atoms with Gasteiger partial charge >= 0.3 is 11.9 Å².